The van der Waals surface area contributed by atoms with Crippen LogP contribution in [0.15, 0.2) is 16.6 Å². The fourth-order valence-corrected chi connectivity index (χ4v) is 2.17. The summed E-state index contributed by atoms with van der Waals surface area (Å²) in [6, 6.07) is 3.54. The summed E-state index contributed by atoms with van der Waals surface area (Å²) < 4.78 is 15.9. The fourth-order valence-electron chi connectivity index (χ4n) is 1.51. The number of methoxy groups -OCH3 is 3. The van der Waals surface area contributed by atoms with Gasteiger partial charge < -0.3 is 14.2 Å². The van der Waals surface area contributed by atoms with Crippen molar-refractivity contribution in [3.05, 3.63) is 22.2 Å². The van der Waals surface area contributed by atoms with Gasteiger partial charge in [-0.2, -0.15) is 0 Å². The van der Waals surface area contributed by atoms with E-state index in [1.807, 2.05) is 0 Å². The second-order valence-corrected chi connectivity index (χ2v) is 4.33. The van der Waals surface area contributed by atoms with Gasteiger partial charge in [0.2, 0.25) is 0 Å². The molecule has 0 bridgehead atoms. The molecule has 1 aromatic rings. The first-order valence-corrected chi connectivity index (χ1v) is 5.83. The lowest BCUT2D eigenvalue weighted by atomic mass is 10.0. The van der Waals surface area contributed by atoms with E-state index in [9.17, 15) is 4.79 Å². The van der Waals surface area contributed by atoms with Crippen LogP contribution < -0.4 is 9.47 Å². The molecule has 1 aromatic carbocycles. The molecule has 0 amide bonds. The van der Waals surface area contributed by atoms with Gasteiger partial charge in [-0.3, -0.25) is 4.79 Å². The van der Waals surface area contributed by atoms with Gasteiger partial charge in [-0.15, -0.1) is 0 Å². The average Bonchev–Trinajstić information content (AvgIpc) is 2.36. The summed E-state index contributed by atoms with van der Waals surface area (Å²) in [6.07, 6.45) is 0. The quantitative estimate of drug-likeness (QED) is 0.802. The standard InChI is InChI=1S/C12H15BrO4/c1-7(12(14)17-4)8-5-10(15-2)11(16-3)6-9(8)13/h5-7H,1-4H3. The highest BCUT2D eigenvalue weighted by Crippen LogP contribution is 2.36. The molecule has 0 aliphatic rings. The van der Waals surface area contributed by atoms with Gasteiger partial charge in [-0.1, -0.05) is 15.9 Å². The molecule has 0 N–H and O–H groups in total. The van der Waals surface area contributed by atoms with Gasteiger partial charge in [-0.05, 0) is 24.6 Å². The van der Waals surface area contributed by atoms with Crippen LogP contribution in [0, 0.1) is 0 Å². The minimum absolute atomic E-state index is 0.294. The molecule has 5 heteroatoms. The molecule has 17 heavy (non-hydrogen) atoms. The summed E-state index contributed by atoms with van der Waals surface area (Å²) in [7, 11) is 4.49. The molecule has 0 heterocycles. The molecule has 0 spiro atoms. The first-order chi connectivity index (χ1) is 8.04. The number of carbonyl (C=O) groups is 1. The minimum Gasteiger partial charge on any atom is -0.493 e. The molecule has 0 saturated heterocycles. The van der Waals surface area contributed by atoms with Crippen molar-refractivity contribution in [2.75, 3.05) is 21.3 Å². The highest BCUT2D eigenvalue weighted by molar-refractivity contribution is 9.10. The van der Waals surface area contributed by atoms with Crippen LogP contribution in [0.4, 0.5) is 0 Å². The van der Waals surface area contributed by atoms with E-state index in [1.54, 1.807) is 33.3 Å². The lowest BCUT2D eigenvalue weighted by Gasteiger charge is -2.15. The Balaban J connectivity index is 3.21. The van der Waals surface area contributed by atoms with Gasteiger partial charge in [-0.25, -0.2) is 0 Å². The molecule has 4 nitrogen and oxygen atoms in total. The van der Waals surface area contributed by atoms with Gasteiger partial charge in [0.15, 0.2) is 11.5 Å². The second kappa shape index (κ2) is 5.91. The maximum atomic E-state index is 11.5. The zero-order valence-corrected chi connectivity index (χ0v) is 11.8. The Morgan fingerprint density at radius 2 is 1.71 bits per heavy atom. The molecule has 94 valence electrons. The number of hydrogen-bond acceptors (Lipinski definition) is 4. The Bertz CT molecular complexity index is 417. The van der Waals surface area contributed by atoms with E-state index in [0.717, 1.165) is 10.0 Å². The number of esters is 1. The lowest BCUT2D eigenvalue weighted by Crippen LogP contribution is -2.11. The number of ether oxygens (including phenoxy) is 3. The fraction of sp³-hybridized carbons (Fsp3) is 0.417. The number of benzene rings is 1. The van der Waals surface area contributed by atoms with Crippen LogP contribution in [0.1, 0.15) is 18.4 Å². The van der Waals surface area contributed by atoms with E-state index in [1.165, 1.54) is 7.11 Å². The van der Waals surface area contributed by atoms with Gasteiger partial charge in [0, 0.05) is 4.47 Å². The van der Waals surface area contributed by atoms with Gasteiger partial charge in [0.25, 0.3) is 0 Å². The Morgan fingerprint density at radius 1 is 1.18 bits per heavy atom. The number of carbonyl (C=O) groups excluding carboxylic acids is 1. The maximum absolute atomic E-state index is 11.5. The van der Waals surface area contributed by atoms with Crippen molar-refractivity contribution in [2.24, 2.45) is 0 Å². The summed E-state index contributed by atoms with van der Waals surface area (Å²) in [4.78, 5) is 11.5. The molecule has 0 radical (unpaired) electrons. The van der Waals surface area contributed by atoms with Crippen LogP contribution in [-0.4, -0.2) is 27.3 Å². The third kappa shape index (κ3) is 2.91. The van der Waals surface area contributed by atoms with Crippen molar-refractivity contribution in [1.29, 1.82) is 0 Å². The minimum atomic E-state index is -0.366. The van der Waals surface area contributed by atoms with E-state index in [0.29, 0.717) is 11.5 Å². The van der Waals surface area contributed by atoms with Crippen molar-refractivity contribution in [3.63, 3.8) is 0 Å². The highest BCUT2D eigenvalue weighted by Gasteiger charge is 2.20. The molecular weight excluding hydrogens is 288 g/mol. The Hall–Kier alpha value is -1.23. The SMILES string of the molecule is COC(=O)C(C)c1cc(OC)c(OC)cc1Br. The van der Waals surface area contributed by atoms with Crippen LogP contribution in [0.2, 0.25) is 0 Å². The summed E-state index contributed by atoms with van der Waals surface area (Å²) in [5, 5.41) is 0. The van der Waals surface area contributed by atoms with Gasteiger partial charge in [0.05, 0.1) is 27.2 Å². The van der Waals surface area contributed by atoms with Crippen LogP contribution >= 0.6 is 15.9 Å². The topological polar surface area (TPSA) is 44.8 Å². The first-order valence-electron chi connectivity index (χ1n) is 5.04. The highest BCUT2D eigenvalue weighted by atomic mass is 79.9. The third-order valence-corrected chi connectivity index (χ3v) is 3.21. The monoisotopic (exact) mass is 302 g/mol. The van der Waals surface area contributed by atoms with Crippen molar-refractivity contribution in [2.45, 2.75) is 12.8 Å². The average molecular weight is 303 g/mol. The molecule has 0 aromatic heterocycles. The molecule has 0 saturated carbocycles. The lowest BCUT2D eigenvalue weighted by molar-refractivity contribution is -0.142. The molecule has 0 aliphatic heterocycles. The second-order valence-electron chi connectivity index (χ2n) is 3.47. The largest absolute Gasteiger partial charge is 0.493 e. The van der Waals surface area contributed by atoms with E-state index >= 15 is 0 Å². The molecular formula is C12H15BrO4. The van der Waals surface area contributed by atoms with E-state index in [4.69, 9.17) is 14.2 Å². The first kappa shape index (κ1) is 13.8. The third-order valence-electron chi connectivity index (χ3n) is 2.52. The Labute approximate surface area is 109 Å². The van der Waals surface area contributed by atoms with E-state index < -0.39 is 0 Å². The predicted octanol–water partition coefficient (Wildman–Crippen LogP) is 2.74. The van der Waals surface area contributed by atoms with Crippen molar-refractivity contribution in [1.82, 2.24) is 0 Å². The van der Waals surface area contributed by atoms with Crippen molar-refractivity contribution >= 4 is 21.9 Å². The molecule has 1 rings (SSSR count). The molecule has 0 fully saturated rings. The molecule has 0 aliphatic carbocycles. The van der Waals surface area contributed by atoms with Crippen LogP contribution in [0.5, 0.6) is 11.5 Å². The summed E-state index contributed by atoms with van der Waals surface area (Å²) in [6.45, 7) is 1.78. The van der Waals surface area contributed by atoms with Crippen LogP contribution in [-0.2, 0) is 9.53 Å². The van der Waals surface area contributed by atoms with Gasteiger partial charge >= 0.3 is 5.97 Å². The normalized spacial score (nSPS) is 11.8. The zero-order chi connectivity index (χ0) is 13.0. The Morgan fingerprint density at radius 3 is 2.18 bits per heavy atom. The summed E-state index contributed by atoms with van der Waals surface area (Å²) in [5.41, 5.74) is 0.800. The molecule has 1 atom stereocenters. The maximum Gasteiger partial charge on any atom is 0.312 e. The summed E-state index contributed by atoms with van der Waals surface area (Å²) in [5.74, 6) is 0.536. The number of hydrogen-bond donors (Lipinski definition) is 0. The number of halogens is 1. The van der Waals surface area contributed by atoms with E-state index in [2.05, 4.69) is 15.9 Å². The van der Waals surface area contributed by atoms with Gasteiger partial charge in [0.1, 0.15) is 0 Å². The number of rotatable bonds is 4. The van der Waals surface area contributed by atoms with Crippen LogP contribution in [0.3, 0.4) is 0 Å². The smallest absolute Gasteiger partial charge is 0.312 e. The van der Waals surface area contributed by atoms with E-state index in [-0.39, 0.29) is 11.9 Å². The predicted molar refractivity (Wildman–Crippen MR) is 67.7 cm³/mol. The molecule has 1 unspecified atom stereocenters. The van der Waals surface area contributed by atoms with Crippen LogP contribution in [0.25, 0.3) is 0 Å². The summed E-state index contributed by atoms with van der Waals surface area (Å²) >= 11 is 3.41. The van der Waals surface area contributed by atoms with Crippen molar-refractivity contribution in [3.8, 4) is 11.5 Å². The zero-order valence-electron chi connectivity index (χ0n) is 10.2. The van der Waals surface area contributed by atoms with Crippen molar-refractivity contribution < 1.29 is 19.0 Å². The Kier molecular flexibility index (Phi) is 4.81.